The maximum atomic E-state index is 13.0. The molecule has 0 radical (unpaired) electrons. The van der Waals surface area contributed by atoms with Gasteiger partial charge in [0.15, 0.2) is 0 Å². The number of nitrogens with one attached hydrogen (secondary N) is 1. The molecule has 1 unspecified atom stereocenters. The molecule has 2 aromatic carbocycles. The van der Waals surface area contributed by atoms with Crippen LogP contribution in [0.2, 0.25) is 0 Å². The summed E-state index contributed by atoms with van der Waals surface area (Å²) in [6.45, 7) is 2.37. The molecule has 2 N–H and O–H groups in total. The third-order valence-electron chi connectivity index (χ3n) is 5.71. The first-order valence-corrected chi connectivity index (χ1v) is 13.5. The topological polar surface area (TPSA) is 77.0 Å². The van der Waals surface area contributed by atoms with Gasteiger partial charge in [-0.1, -0.05) is 42.8 Å². The zero-order valence-corrected chi connectivity index (χ0v) is 21.0. The van der Waals surface area contributed by atoms with E-state index in [4.69, 9.17) is 9.63 Å². The summed E-state index contributed by atoms with van der Waals surface area (Å²) in [4.78, 5) is 9.03. The molecule has 0 bridgehead atoms. The van der Waals surface area contributed by atoms with Crippen molar-refractivity contribution in [2.24, 2.45) is 0 Å². The van der Waals surface area contributed by atoms with Crippen LogP contribution in [-0.4, -0.2) is 43.4 Å². The number of ether oxygens (including phenoxy) is 2. The highest BCUT2D eigenvalue weighted by Crippen LogP contribution is 2.38. The number of halogens is 3. The summed E-state index contributed by atoms with van der Waals surface area (Å²) in [6.07, 6.45) is -1.47. The lowest BCUT2D eigenvalue weighted by atomic mass is 9.75. The van der Waals surface area contributed by atoms with Crippen molar-refractivity contribution in [3.8, 4) is 5.75 Å². The third-order valence-corrected chi connectivity index (χ3v) is 7.26. The van der Waals surface area contributed by atoms with Gasteiger partial charge in [-0.2, -0.15) is 0 Å². The molecular formula is C24H30F3NO5PS+. The van der Waals surface area contributed by atoms with Crippen LogP contribution >= 0.6 is 20.0 Å². The highest BCUT2D eigenvalue weighted by molar-refractivity contribution is 7.99. The molecule has 2 aromatic rings. The number of alkyl halides is 3. The lowest BCUT2D eigenvalue weighted by molar-refractivity contribution is -0.275. The normalized spacial score (nSPS) is 15.5. The van der Waals surface area contributed by atoms with Gasteiger partial charge in [0.25, 0.3) is 0 Å². The molecule has 0 saturated carbocycles. The summed E-state index contributed by atoms with van der Waals surface area (Å²) in [5.74, 6) is 0.487. The number of hydrogen-bond donors (Lipinski definition) is 2. The second kappa shape index (κ2) is 13.6. The van der Waals surface area contributed by atoms with E-state index in [0.29, 0.717) is 48.9 Å². The molecule has 1 saturated heterocycles. The average Bonchev–Trinajstić information content (AvgIpc) is 2.78. The van der Waals surface area contributed by atoms with E-state index in [1.807, 2.05) is 18.2 Å². The zero-order valence-electron chi connectivity index (χ0n) is 19.3. The number of benzene rings is 2. The van der Waals surface area contributed by atoms with Crippen molar-refractivity contribution < 1.29 is 36.6 Å². The molecule has 1 aliphatic heterocycles. The Bertz CT molecular complexity index is 945. The van der Waals surface area contributed by atoms with Gasteiger partial charge in [0, 0.05) is 21.4 Å². The van der Waals surface area contributed by atoms with Gasteiger partial charge in [-0.05, 0) is 54.8 Å². The summed E-state index contributed by atoms with van der Waals surface area (Å²) in [6, 6.07) is 15.1. The van der Waals surface area contributed by atoms with E-state index in [-0.39, 0.29) is 17.8 Å². The lowest BCUT2D eigenvalue weighted by Gasteiger charge is -2.42. The molecular weight excluding hydrogens is 502 g/mol. The summed E-state index contributed by atoms with van der Waals surface area (Å²) < 4.78 is 63.7. The van der Waals surface area contributed by atoms with Crippen LogP contribution in [0, 0.1) is 0 Å². The number of unbranched alkanes of at least 4 members (excludes halogenated alkanes) is 1. The standard InChI is InChI=1S/C24H29F3NO5PS/c25-24(26,27)33-21-15-19(16-28-12-6-13-32-34(29)30)9-10-22(21)35-14-5-4-11-23(17-31-18-23)20-7-2-1-3-8-20/h1-3,7-10,15,28H,4-6,11-14,16-18H2/p+1. The Morgan fingerprint density at radius 1 is 1.11 bits per heavy atom. The predicted octanol–water partition coefficient (Wildman–Crippen LogP) is 5.96. The average molecular weight is 533 g/mol. The Morgan fingerprint density at radius 3 is 2.54 bits per heavy atom. The maximum Gasteiger partial charge on any atom is 0.694 e. The van der Waals surface area contributed by atoms with Crippen molar-refractivity contribution in [3.05, 3.63) is 59.7 Å². The SMILES string of the molecule is O=[P+](O)OCCCNCc1ccc(SCCCCC2(c3ccccc3)COC2)c(OC(F)(F)F)c1. The van der Waals surface area contributed by atoms with E-state index in [0.717, 1.165) is 19.3 Å². The van der Waals surface area contributed by atoms with Gasteiger partial charge in [-0.25, -0.2) is 0 Å². The zero-order chi connectivity index (χ0) is 25.2. The lowest BCUT2D eigenvalue weighted by Crippen LogP contribution is -2.46. The van der Waals surface area contributed by atoms with Crippen LogP contribution in [0.15, 0.2) is 53.4 Å². The number of rotatable bonds is 15. The Labute approximate surface area is 208 Å². The van der Waals surface area contributed by atoms with Crippen LogP contribution in [0.25, 0.3) is 0 Å². The van der Waals surface area contributed by atoms with Gasteiger partial charge in [0.1, 0.15) is 12.4 Å². The summed E-state index contributed by atoms with van der Waals surface area (Å²) in [7, 11) is -2.62. The second-order valence-electron chi connectivity index (χ2n) is 8.38. The number of hydrogen-bond acceptors (Lipinski definition) is 6. The molecule has 1 fully saturated rings. The summed E-state index contributed by atoms with van der Waals surface area (Å²) in [5.41, 5.74) is 1.98. The van der Waals surface area contributed by atoms with E-state index in [1.165, 1.54) is 23.4 Å². The van der Waals surface area contributed by atoms with Crippen molar-refractivity contribution in [2.75, 3.05) is 32.1 Å². The van der Waals surface area contributed by atoms with E-state index >= 15 is 0 Å². The van der Waals surface area contributed by atoms with E-state index in [1.54, 1.807) is 12.1 Å². The first-order chi connectivity index (χ1) is 16.8. The van der Waals surface area contributed by atoms with Crippen molar-refractivity contribution >= 4 is 20.0 Å². The van der Waals surface area contributed by atoms with Crippen LogP contribution in [0.5, 0.6) is 5.75 Å². The highest BCUT2D eigenvalue weighted by Gasteiger charge is 2.39. The Hall–Kier alpha value is -1.68. The van der Waals surface area contributed by atoms with Crippen molar-refractivity contribution in [3.63, 3.8) is 0 Å². The molecule has 0 aromatic heterocycles. The smallest absolute Gasteiger partial charge is 0.405 e. The second-order valence-corrected chi connectivity index (χ2v) is 10.2. The van der Waals surface area contributed by atoms with Crippen LogP contribution in [0.4, 0.5) is 13.2 Å². The molecule has 6 nitrogen and oxygen atoms in total. The van der Waals surface area contributed by atoms with Gasteiger partial charge < -0.3 is 14.8 Å². The van der Waals surface area contributed by atoms with Crippen molar-refractivity contribution in [2.45, 2.75) is 48.9 Å². The van der Waals surface area contributed by atoms with Gasteiger partial charge in [-0.15, -0.1) is 34.4 Å². The minimum atomic E-state index is -4.77. The fourth-order valence-electron chi connectivity index (χ4n) is 3.90. The quantitative estimate of drug-likeness (QED) is 0.166. The molecule has 3 rings (SSSR count). The summed E-state index contributed by atoms with van der Waals surface area (Å²) >= 11 is 1.36. The maximum absolute atomic E-state index is 13.0. The molecule has 35 heavy (non-hydrogen) atoms. The molecule has 0 aliphatic carbocycles. The van der Waals surface area contributed by atoms with Gasteiger partial charge in [0.05, 0.1) is 13.2 Å². The molecule has 0 spiro atoms. The predicted molar refractivity (Wildman–Crippen MR) is 129 cm³/mol. The Kier molecular flexibility index (Phi) is 10.8. The molecule has 11 heteroatoms. The molecule has 1 heterocycles. The van der Waals surface area contributed by atoms with Gasteiger partial charge >= 0.3 is 14.6 Å². The third kappa shape index (κ3) is 9.37. The van der Waals surface area contributed by atoms with Crippen LogP contribution in [0.1, 0.15) is 36.8 Å². The Morgan fingerprint density at radius 2 is 1.89 bits per heavy atom. The first kappa shape index (κ1) is 27.9. The van der Waals surface area contributed by atoms with Crippen LogP contribution < -0.4 is 10.1 Å². The first-order valence-electron chi connectivity index (χ1n) is 11.4. The fourth-order valence-corrected chi connectivity index (χ4v) is 5.16. The van der Waals surface area contributed by atoms with E-state index < -0.39 is 14.6 Å². The van der Waals surface area contributed by atoms with E-state index in [2.05, 4.69) is 26.7 Å². The minimum absolute atomic E-state index is 0.0486. The largest absolute Gasteiger partial charge is 0.694 e. The Balaban J connectivity index is 1.48. The monoisotopic (exact) mass is 532 g/mol. The van der Waals surface area contributed by atoms with Crippen molar-refractivity contribution in [1.29, 1.82) is 0 Å². The minimum Gasteiger partial charge on any atom is -0.405 e. The highest BCUT2D eigenvalue weighted by atomic mass is 32.2. The molecule has 1 aliphatic rings. The fraction of sp³-hybridized carbons (Fsp3) is 0.500. The molecule has 1 atom stereocenters. The van der Waals surface area contributed by atoms with Crippen LogP contribution in [0.3, 0.4) is 0 Å². The van der Waals surface area contributed by atoms with Crippen molar-refractivity contribution in [1.82, 2.24) is 5.32 Å². The van der Waals surface area contributed by atoms with E-state index in [9.17, 15) is 17.7 Å². The molecule has 0 amide bonds. The molecule has 192 valence electrons. The van der Waals surface area contributed by atoms with Gasteiger partial charge in [-0.3, -0.25) is 0 Å². The number of thioether (sulfide) groups is 1. The van der Waals surface area contributed by atoms with Crippen LogP contribution in [-0.2, 0) is 25.8 Å². The van der Waals surface area contributed by atoms with Gasteiger partial charge in [0.2, 0.25) is 0 Å². The summed E-state index contributed by atoms with van der Waals surface area (Å²) in [5, 5.41) is 3.07.